The number of aromatic hydroxyl groups is 1. The summed E-state index contributed by atoms with van der Waals surface area (Å²) in [6, 6.07) is -1.44. The van der Waals surface area contributed by atoms with Gasteiger partial charge in [-0.25, -0.2) is 4.98 Å². The number of aromatic amines is 1. The van der Waals surface area contributed by atoms with Crippen molar-refractivity contribution in [2.75, 3.05) is 6.54 Å². The van der Waals surface area contributed by atoms with E-state index in [4.69, 9.17) is 22.3 Å². The third kappa shape index (κ3) is 15.7. The van der Waals surface area contributed by atoms with Crippen molar-refractivity contribution in [2.45, 2.75) is 102 Å². The number of carbonyl (C=O) groups excluding carboxylic acids is 6. The lowest BCUT2D eigenvalue weighted by molar-refractivity contribution is -0.140. The number of carboxylic acid groups (broad SMARTS) is 1. The van der Waals surface area contributed by atoms with Crippen LogP contribution < -0.4 is 43.8 Å². The Labute approximate surface area is 324 Å². The zero-order valence-electron chi connectivity index (χ0n) is 32.0. The number of nitrogens with two attached hydrogens (primary N) is 3. The number of hydrogen-bond acceptors (Lipinski definition) is 11. The lowest BCUT2D eigenvalue weighted by Crippen LogP contribution is -2.61. The summed E-state index contributed by atoms with van der Waals surface area (Å²) >= 11 is 0. The first-order chi connectivity index (χ1) is 26.4. The van der Waals surface area contributed by atoms with E-state index < -0.39 is 90.0 Å². The van der Waals surface area contributed by atoms with Gasteiger partial charge in [-0.3, -0.25) is 33.8 Å². The topological polar surface area (TPSA) is 339 Å². The number of carbonyl (C=O) groups is 7. The Morgan fingerprint density at radius 2 is 1.46 bits per heavy atom. The van der Waals surface area contributed by atoms with Crippen molar-refractivity contribution < 1.29 is 43.8 Å². The van der Waals surface area contributed by atoms with E-state index in [-0.39, 0.29) is 43.9 Å². The predicted molar refractivity (Wildman–Crippen MR) is 204 cm³/mol. The number of nitrogens with one attached hydrogen (secondary N) is 6. The maximum atomic E-state index is 14.0. The third-order valence-electron chi connectivity index (χ3n) is 8.85. The van der Waals surface area contributed by atoms with Gasteiger partial charge in [0.25, 0.3) is 0 Å². The number of rotatable bonds is 24. The molecule has 0 unspecified atom stereocenters. The number of hydrogen-bond donors (Lipinski definition) is 11. The number of aliphatic carboxylic acids is 1. The number of imidazole rings is 1. The number of carboxylic acids is 1. The molecule has 0 bridgehead atoms. The molecule has 0 aliphatic rings. The van der Waals surface area contributed by atoms with E-state index in [1.165, 1.54) is 24.7 Å². The largest absolute Gasteiger partial charge is 0.508 e. The summed E-state index contributed by atoms with van der Waals surface area (Å²) in [7, 11) is 0. The molecular formula is C36H55N11O9. The summed E-state index contributed by atoms with van der Waals surface area (Å²) < 4.78 is 0. The van der Waals surface area contributed by atoms with Crippen molar-refractivity contribution in [3.05, 3.63) is 48.0 Å². The molecule has 0 saturated carbocycles. The molecule has 0 fully saturated rings. The van der Waals surface area contributed by atoms with E-state index in [0.29, 0.717) is 24.0 Å². The van der Waals surface area contributed by atoms with E-state index in [9.17, 15) is 38.7 Å². The molecule has 20 heteroatoms. The highest BCUT2D eigenvalue weighted by molar-refractivity contribution is 5.96. The normalized spacial score (nSPS) is 14.8. The van der Waals surface area contributed by atoms with Crippen LogP contribution in [0.5, 0.6) is 5.75 Å². The molecule has 20 nitrogen and oxygen atoms in total. The minimum Gasteiger partial charge on any atom is -0.508 e. The highest BCUT2D eigenvalue weighted by atomic mass is 16.4. The van der Waals surface area contributed by atoms with Crippen molar-refractivity contribution in [3.8, 4) is 5.75 Å². The van der Waals surface area contributed by atoms with Crippen LogP contribution in [0, 0.1) is 11.8 Å². The fourth-order valence-electron chi connectivity index (χ4n) is 5.45. The van der Waals surface area contributed by atoms with Gasteiger partial charge in [0.15, 0.2) is 5.96 Å². The molecule has 1 aromatic carbocycles. The lowest BCUT2D eigenvalue weighted by atomic mass is 9.96. The van der Waals surface area contributed by atoms with Gasteiger partial charge < -0.3 is 63.8 Å². The summed E-state index contributed by atoms with van der Waals surface area (Å²) in [5.74, 6) is -6.35. The lowest BCUT2D eigenvalue weighted by Gasteiger charge is -2.29. The molecule has 0 aliphatic heterocycles. The number of benzene rings is 1. The molecule has 0 saturated heterocycles. The van der Waals surface area contributed by atoms with Gasteiger partial charge in [-0.2, -0.15) is 0 Å². The van der Waals surface area contributed by atoms with Crippen molar-refractivity contribution in [3.63, 3.8) is 0 Å². The number of phenols is 1. The van der Waals surface area contributed by atoms with Crippen LogP contribution in [0.4, 0.5) is 0 Å². The van der Waals surface area contributed by atoms with Gasteiger partial charge in [0.05, 0.1) is 24.8 Å². The molecule has 2 rings (SSSR count). The quantitative estimate of drug-likeness (QED) is 0.0240. The molecule has 14 N–H and O–H groups in total. The van der Waals surface area contributed by atoms with Crippen LogP contribution in [0.3, 0.4) is 0 Å². The molecule has 7 atom stereocenters. The van der Waals surface area contributed by atoms with Crippen LogP contribution in [0.1, 0.15) is 64.6 Å². The predicted octanol–water partition coefficient (Wildman–Crippen LogP) is -1.92. The van der Waals surface area contributed by atoms with Gasteiger partial charge in [0, 0.05) is 31.3 Å². The van der Waals surface area contributed by atoms with E-state index in [1.807, 2.05) is 6.92 Å². The van der Waals surface area contributed by atoms with Gasteiger partial charge in [-0.1, -0.05) is 46.2 Å². The third-order valence-corrected chi connectivity index (χ3v) is 8.85. The Balaban J connectivity index is 2.36. The van der Waals surface area contributed by atoms with Crippen molar-refractivity contribution in [2.24, 2.45) is 34.0 Å². The molecule has 2 aromatic rings. The Morgan fingerprint density at radius 3 is 2.02 bits per heavy atom. The first-order valence-electron chi connectivity index (χ1n) is 18.2. The summed E-state index contributed by atoms with van der Waals surface area (Å²) in [6.07, 6.45) is 3.53. The standard InChI is InChI=1S/C36H55N11O9/c1-5-20(4)30(35(56)43-23(17-48)14-22-16-40-18-42-22)47-33(54)27(13-21-8-10-24(49)11-9-21)45-34(55)29(19(2)3)46-32(53)26(7-6-12-41-36(38)39)44-31(52)25(37)15-28(50)51/h8-11,16-20,23,25-27,29-30,49H,5-7,12-15,37H2,1-4H3,(H,40,42)(H,43,56)(H,44,52)(H,45,55)(H,46,53)(H,47,54)(H,50,51)(H4,38,39,41)/t20-,23-,25-,26-,27-,29-,30-/m0/s1. The van der Waals surface area contributed by atoms with Crippen LogP contribution in [-0.2, 0) is 46.4 Å². The monoisotopic (exact) mass is 785 g/mol. The summed E-state index contributed by atoms with van der Waals surface area (Å²) in [5.41, 5.74) is 17.6. The van der Waals surface area contributed by atoms with E-state index in [2.05, 4.69) is 41.5 Å². The minimum atomic E-state index is -1.47. The summed E-state index contributed by atoms with van der Waals surface area (Å²) in [5, 5.41) is 32.0. The Bertz CT molecular complexity index is 1650. The second kappa shape index (κ2) is 23.0. The number of aldehydes is 1. The van der Waals surface area contributed by atoms with Crippen molar-refractivity contribution in [1.82, 2.24) is 36.6 Å². The van der Waals surface area contributed by atoms with Gasteiger partial charge in [0.2, 0.25) is 29.5 Å². The van der Waals surface area contributed by atoms with Crippen molar-refractivity contribution in [1.29, 1.82) is 0 Å². The molecule has 56 heavy (non-hydrogen) atoms. The first kappa shape index (κ1) is 46.1. The smallest absolute Gasteiger partial charge is 0.305 e. The number of phenolic OH excluding ortho intramolecular Hbond substituents is 1. The van der Waals surface area contributed by atoms with Crippen LogP contribution >= 0.6 is 0 Å². The summed E-state index contributed by atoms with van der Waals surface area (Å²) in [6.45, 7) is 6.95. The molecule has 0 aliphatic carbocycles. The number of aromatic nitrogens is 2. The number of aliphatic imine (C=N–C) groups is 1. The van der Waals surface area contributed by atoms with Gasteiger partial charge in [-0.05, 0) is 42.4 Å². The zero-order valence-corrected chi connectivity index (χ0v) is 32.0. The van der Waals surface area contributed by atoms with E-state index in [0.717, 1.165) is 0 Å². The Kier molecular flexibility index (Phi) is 18.9. The second-order valence-electron chi connectivity index (χ2n) is 13.8. The number of nitrogens with zero attached hydrogens (tertiary/aromatic N) is 2. The average molecular weight is 786 g/mol. The fraction of sp³-hybridized carbons (Fsp3) is 0.528. The van der Waals surface area contributed by atoms with Crippen molar-refractivity contribution >= 4 is 47.8 Å². The molecule has 0 radical (unpaired) electrons. The molecule has 1 aromatic heterocycles. The Morgan fingerprint density at radius 1 is 0.857 bits per heavy atom. The Hall–Kier alpha value is -6.05. The van der Waals surface area contributed by atoms with Crippen LogP contribution in [0.2, 0.25) is 0 Å². The zero-order chi connectivity index (χ0) is 41.9. The highest BCUT2D eigenvalue weighted by Gasteiger charge is 2.35. The maximum Gasteiger partial charge on any atom is 0.305 e. The maximum absolute atomic E-state index is 14.0. The molecule has 1 heterocycles. The fourth-order valence-corrected chi connectivity index (χ4v) is 5.45. The first-order valence-corrected chi connectivity index (χ1v) is 18.2. The summed E-state index contributed by atoms with van der Waals surface area (Å²) in [4.78, 5) is 101. The van der Waals surface area contributed by atoms with Gasteiger partial charge in [0.1, 0.15) is 36.2 Å². The highest BCUT2D eigenvalue weighted by Crippen LogP contribution is 2.15. The number of guanidine groups is 1. The average Bonchev–Trinajstić information content (AvgIpc) is 3.66. The number of amides is 5. The second-order valence-corrected chi connectivity index (χ2v) is 13.8. The molecule has 5 amide bonds. The van der Waals surface area contributed by atoms with E-state index in [1.54, 1.807) is 32.9 Å². The van der Waals surface area contributed by atoms with Crippen LogP contribution in [-0.4, -0.2) is 111 Å². The van der Waals surface area contributed by atoms with E-state index >= 15 is 0 Å². The van der Waals surface area contributed by atoms with Crippen LogP contribution in [0.15, 0.2) is 41.8 Å². The van der Waals surface area contributed by atoms with Crippen LogP contribution in [0.25, 0.3) is 0 Å². The molecular weight excluding hydrogens is 730 g/mol. The minimum absolute atomic E-state index is 0.0155. The molecule has 308 valence electrons. The SMILES string of the molecule is CC[C@H](C)[C@H](NC(=O)[C@H](Cc1ccc(O)cc1)NC(=O)[C@@H](NC(=O)[C@H](CCCN=C(N)N)NC(=O)[C@@H](N)CC(=O)O)C(C)C)C(=O)N[C@H](C=O)Cc1cnc[nH]1. The van der Waals surface area contributed by atoms with Gasteiger partial charge in [-0.15, -0.1) is 0 Å². The van der Waals surface area contributed by atoms with Gasteiger partial charge >= 0.3 is 5.97 Å². The molecule has 0 spiro atoms. The number of H-pyrrole nitrogens is 1.